The van der Waals surface area contributed by atoms with Crippen LogP contribution in [0.5, 0.6) is 0 Å². The Kier molecular flexibility index (Phi) is 4.02. The smallest absolute Gasteiger partial charge is 0.298 e. The molecule has 1 aromatic carbocycles. The Bertz CT molecular complexity index is 484. The Morgan fingerprint density at radius 1 is 1.11 bits per heavy atom. The molecule has 0 spiro atoms. The first-order chi connectivity index (χ1) is 8.55. The van der Waals surface area contributed by atoms with Crippen LogP contribution in [0.1, 0.15) is 11.1 Å². The molecule has 0 atom stereocenters. The molecule has 0 bridgehead atoms. The van der Waals surface area contributed by atoms with Gasteiger partial charge in [0.2, 0.25) is 0 Å². The van der Waals surface area contributed by atoms with Crippen LogP contribution in [0, 0.1) is 13.8 Å². The summed E-state index contributed by atoms with van der Waals surface area (Å²) in [7, 11) is 0. The summed E-state index contributed by atoms with van der Waals surface area (Å²) in [6, 6.07) is 4.75. The van der Waals surface area contributed by atoms with Gasteiger partial charge in [0.1, 0.15) is 0 Å². The Labute approximate surface area is 105 Å². The van der Waals surface area contributed by atoms with Gasteiger partial charge in [0.05, 0.1) is 5.69 Å². The average Bonchev–Trinajstić information content (AvgIpc) is 2.25. The van der Waals surface area contributed by atoms with Gasteiger partial charge in [-0.2, -0.15) is 22.0 Å². The van der Waals surface area contributed by atoms with Crippen LogP contribution in [0.3, 0.4) is 0 Å². The van der Waals surface area contributed by atoms with Gasteiger partial charge in [0.15, 0.2) is 0 Å². The fourth-order valence-corrected chi connectivity index (χ4v) is 1.29. The number of aryl methyl sites for hydroxylation is 2. The maximum Gasteiger partial charge on any atom is 0.463 e. The molecule has 0 heterocycles. The molecule has 0 unspecified atom stereocenters. The number of carbonyl (C=O) groups is 1. The van der Waals surface area contributed by atoms with Crippen LogP contribution in [-0.4, -0.2) is 18.0 Å². The van der Waals surface area contributed by atoms with Crippen LogP contribution in [0.25, 0.3) is 0 Å². The highest BCUT2D eigenvalue weighted by atomic mass is 19.4. The minimum atomic E-state index is -5.93. The molecule has 0 aliphatic carbocycles. The summed E-state index contributed by atoms with van der Waals surface area (Å²) in [4.78, 5) is 10.8. The van der Waals surface area contributed by atoms with Crippen molar-refractivity contribution in [2.45, 2.75) is 25.9 Å². The molecule has 0 aliphatic heterocycles. The van der Waals surface area contributed by atoms with E-state index in [0.29, 0.717) is 5.56 Å². The normalized spacial score (nSPS) is 12.2. The largest absolute Gasteiger partial charge is 0.463 e. The van der Waals surface area contributed by atoms with Gasteiger partial charge < -0.3 is 0 Å². The van der Waals surface area contributed by atoms with Gasteiger partial charge in [0, 0.05) is 0 Å². The van der Waals surface area contributed by atoms with E-state index in [1.165, 1.54) is 11.5 Å². The summed E-state index contributed by atoms with van der Waals surface area (Å²) in [5, 5.41) is 0. The molecular weight excluding hydrogens is 271 g/mol. The molecule has 0 aliphatic rings. The fraction of sp³-hybridized carbons (Fsp3) is 0.364. The van der Waals surface area contributed by atoms with Crippen molar-refractivity contribution in [2.75, 3.05) is 5.43 Å². The van der Waals surface area contributed by atoms with E-state index in [1.54, 1.807) is 26.0 Å². The van der Waals surface area contributed by atoms with Crippen molar-refractivity contribution >= 4 is 11.6 Å². The number of hydrogen-bond donors (Lipinski definition) is 2. The maximum absolute atomic E-state index is 12.6. The second-order valence-electron chi connectivity index (χ2n) is 3.97. The van der Waals surface area contributed by atoms with Crippen molar-refractivity contribution in [3.8, 4) is 0 Å². The van der Waals surface area contributed by atoms with Crippen LogP contribution in [0.15, 0.2) is 18.2 Å². The Morgan fingerprint density at radius 2 is 1.68 bits per heavy atom. The Balaban J connectivity index is 2.75. The molecule has 1 amide bonds. The van der Waals surface area contributed by atoms with Crippen molar-refractivity contribution in [3.63, 3.8) is 0 Å². The number of benzene rings is 1. The highest BCUT2D eigenvalue weighted by Crippen LogP contribution is 2.35. The van der Waals surface area contributed by atoms with E-state index in [-0.39, 0.29) is 5.69 Å². The number of anilines is 1. The van der Waals surface area contributed by atoms with Crippen LogP contribution in [0.4, 0.5) is 27.6 Å². The van der Waals surface area contributed by atoms with Crippen molar-refractivity contribution < 1.29 is 26.7 Å². The predicted octanol–water partition coefficient (Wildman–Crippen LogP) is 2.94. The lowest BCUT2D eigenvalue weighted by Gasteiger charge is -2.19. The Morgan fingerprint density at radius 3 is 2.16 bits per heavy atom. The summed E-state index contributed by atoms with van der Waals surface area (Å²) in [5.41, 5.74) is 5.10. The van der Waals surface area contributed by atoms with E-state index in [4.69, 9.17) is 0 Å². The lowest BCUT2D eigenvalue weighted by molar-refractivity contribution is -0.269. The Hall–Kier alpha value is -1.86. The molecule has 0 saturated heterocycles. The highest BCUT2D eigenvalue weighted by molar-refractivity contribution is 5.85. The molecule has 2 N–H and O–H groups in total. The van der Waals surface area contributed by atoms with E-state index < -0.39 is 18.0 Å². The molecule has 0 fully saturated rings. The van der Waals surface area contributed by atoms with E-state index in [2.05, 4.69) is 0 Å². The minimum Gasteiger partial charge on any atom is -0.298 e. The standard InChI is InChI=1S/C11H11F5N2O/c1-6-3-4-8(7(2)5-6)17-18-9(19)10(12,13)11(14,15)16/h3-5,17H,1-2H3,(H,18,19). The zero-order chi connectivity index (χ0) is 14.8. The third kappa shape index (κ3) is 3.33. The predicted molar refractivity (Wildman–Crippen MR) is 58.7 cm³/mol. The van der Waals surface area contributed by atoms with Crippen molar-refractivity contribution in [1.29, 1.82) is 0 Å². The maximum atomic E-state index is 12.6. The number of halogens is 5. The third-order valence-electron chi connectivity index (χ3n) is 2.33. The summed E-state index contributed by atoms with van der Waals surface area (Å²) in [6.07, 6.45) is -5.93. The number of carbonyl (C=O) groups excluding carboxylic acids is 1. The minimum absolute atomic E-state index is 0.233. The van der Waals surface area contributed by atoms with Gasteiger partial charge in [-0.15, -0.1) is 0 Å². The van der Waals surface area contributed by atoms with Crippen molar-refractivity contribution in [1.82, 2.24) is 5.43 Å². The number of hydrazine groups is 1. The first kappa shape index (κ1) is 15.2. The van der Waals surface area contributed by atoms with Crippen molar-refractivity contribution in [2.24, 2.45) is 0 Å². The summed E-state index contributed by atoms with van der Waals surface area (Å²) in [6.45, 7) is 3.40. The molecule has 106 valence electrons. The second-order valence-corrected chi connectivity index (χ2v) is 3.97. The van der Waals surface area contributed by atoms with Gasteiger partial charge in [-0.3, -0.25) is 15.6 Å². The zero-order valence-electron chi connectivity index (χ0n) is 10.0. The molecule has 1 rings (SSSR count). The lowest BCUT2D eigenvalue weighted by Crippen LogP contribution is -2.51. The first-order valence-electron chi connectivity index (χ1n) is 5.14. The quantitative estimate of drug-likeness (QED) is 0.661. The molecule has 0 saturated carbocycles. The van der Waals surface area contributed by atoms with E-state index in [0.717, 1.165) is 5.56 Å². The molecular formula is C11H11F5N2O. The third-order valence-corrected chi connectivity index (χ3v) is 2.33. The van der Waals surface area contributed by atoms with Crippen molar-refractivity contribution in [3.05, 3.63) is 29.3 Å². The molecule has 8 heteroatoms. The van der Waals surface area contributed by atoms with Gasteiger partial charge >= 0.3 is 18.0 Å². The summed E-state index contributed by atoms with van der Waals surface area (Å²) >= 11 is 0. The van der Waals surface area contributed by atoms with Crippen LogP contribution in [-0.2, 0) is 4.79 Å². The SMILES string of the molecule is Cc1ccc(NNC(=O)C(F)(F)C(F)(F)F)c(C)c1. The number of alkyl halides is 5. The number of nitrogens with one attached hydrogen (secondary N) is 2. The topological polar surface area (TPSA) is 41.1 Å². The average molecular weight is 282 g/mol. The molecule has 0 radical (unpaired) electrons. The monoisotopic (exact) mass is 282 g/mol. The first-order valence-corrected chi connectivity index (χ1v) is 5.14. The number of rotatable bonds is 3. The second kappa shape index (κ2) is 5.02. The zero-order valence-corrected chi connectivity index (χ0v) is 10.0. The summed E-state index contributed by atoms with van der Waals surface area (Å²) in [5.74, 6) is -7.90. The molecule has 0 aromatic heterocycles. The number of hydrogen-bond acceptors (Lipinski definition) is 2. The van der Waals surface area contributed by atoms with E-state index >= 15 is 0 Å². The summed E-state index contributed by atoms with van der Waals surface area (Å²) < 4.78 is 60.9. The fourth-order valence-electron chi connectivity index (χ4n) is 1.29. The van der Waals surface area contributed by atoms with Gasteiger partial charge in [-0.1, -0.05) is 17.7 Å². The van der Waals surface area contributed by atoms with Crippen LogP contribution >= 0.6 is 0 Å². The number of amides is 1. The highest BCUT2D eigenvalue weighted by Gasteiger charge is 2.63. The van der Waals surface area contributed by atoms with Crippen LogP contribution in [0.2, 0.25) is 0 Å². The van der Waals surface area contributed by atoms with E-state index in [9.17, 15) is 26.7 Å². The molecule has 19 heavy (non-hydrogen) atoms. The lowest BCUT2D eigenvalue weighted by atomic mass is 10.1. The van der Waals surface area contributed by atoms with Crippen LogP contribution < -0.4 is 10.9 Å². The van der Waals surface area contributed by atoms with Gasteiger partial charge in [-0.05, 0) is 25.5 Å². The van der Waals surface area contributed by atoms with Gasteiger partial charge in [0.25, 0.3) is 0 Å². The molecule has 3 nitrogen and oxygen atoms in total. The van der Waals surface area contributed by atoms with Gasteiger partial charge in [-0.25, -0.2) is 0 Å². The van der Waals surface area contributed by atoms with E-state index in [1.807, 2.05) is 5.43 Å². The molecule has 1 aromatic rings.